The largest absolute Gasteiger partial charge is 0.337 e. The van der Waals surface area contributed by atoms with Crippen molar-refractivity contribution in [3.63, 3.8) is 0 Å². The molecule has 1 aliphatic rings. The Hall–Kier alpha value is -0.830. The van der Waals surface area contributed by atoms with Crippen molar-refractivity contribution in [2.75, 3.05) is 0 Å². The maximum Gasteiger partial charge on any atom is 0.0945 e. The summed E-state index contributed by atoms with van der Waals surface area (Å²) in [4.78, 5) is 4.00. The fourth-order valence-corrected chi connectivity index (χ4v) is 1.87. The lowest BCUT2D eigenvalue weighted by atomic mass is 10.1. The fraction of sp³-hybridized carbons (Fsp3) is 0.700. The molecule has 0 aromatic carbocycles. The van der Waals surface area contributed by atoms with Crippen molar-refractivity contribution in [1.82, 2.24) is 9.55 Å². The van der Waals surface area contributed by atoms with Gasteiger partial charge in [0.2, 0.25) is 0 Å². The molecule has 13 heavy (non-hydrogen) atoms. The van der Waals surface area contributed by atoms with E-state index in [0.717, 1.165) is 25.3 Å². The predicted octanol–water partition coefficient (Wildman–Crippen LogP) is 1.40. The Morgan fingerprint density at radius 3 is 3.00 bits per heavy atom. The minimum atomic E-state index is 0.167. The maximum atomic E-state index is 6.10. The Kier molecular flexibility index (Phi) is 2.12. The molecule has 1 aromatic rings. The van der Waals surface area contributed by atoms with Crippen LogP contribution in [0, 0.1) is 5.92 Å². The molecule has 1 heterocycles. The summed E-state index contributed by atoms with van der Waals surface area (Å²) < 4.78 is 2.11. The molecule has 3 heteroatoms. The average molecular weight is 179 g/mol. The minimum Gasteiger partial charge on any atom is -0.337 e. The van der Waals surface area contributed by atoms with E-state index in [1.54, 1.807) is 0 Å². The van der Waals surface area contributed by atoms with Crippen LogP contribution in [0.25, 0.3) is 0 Å². The maximum absolute atomic E-state index is 6.10. The van der Waals surface area contributed by atoms with Crippen LogP contribution in [-0.2, 0) is 6.54 Å². The van der Waals surface area contributed by atoms with Gasteiger partial charge in [0.25, 0.3) is 0 Å². The van der Waals surface area contributed by atoms with Crippen LogP contribution in [-0.4, -0.2) is 15.1 Å². The first-order chi connectivity index (χ1) is 6.21. The lowest BCUT2D eigenvalue weighted by Crippen LogP contribution is -2.24. The van der Waals surface area contributed by atoms with Crippen LogP contribution >= 0.6 is 0 Å². The van der Waals surface area contributed by atoms with Gasteiger partial charge in [-0.15, -0.1) is 0 Å². The van der Waals surface area contributed by atoms with Gasteiger partial charge in [-0.2, -0.15) is 0 Å². The van der Waals surface area contributed by atoms with Crippen LogP contribution in [0.4, 0.5) is 0 Å². The molecule has 0 amide bonds. The highest BCUT2D eigenvalue weighted by Gasteiger charge is 2.46. The molecule has 0 radical (unpaired) electrons. The topological polar surface area (TPSA) is 43.8 Å². The van der Waals surface area contributed by atoms with Crippen molar-refractivity contribution in [2.45, 2.75) is 38.3 Å². The first kappa shape index (κ1) is 8.75. The van der Waals surface area contributed by atoms with Gasteiger partial charge in [-0.3, -0.25) is 0 Å². The quantitative estimate of drug-likeness (QED) is 0.759. The summed E-state index contributed by atoms with van der Waals surface area (Å²) in [6, 6.07) is 0. The van der Waals surface area contributed by atoms with E-state index in [1.807, 2.05) is 18.7 Å². The molecule has 0 aliphatic heterocycles. The molecule has 0 bridgehead atoms. The number of nitrogens with zero attached hydrogens (tertiary/aromatic N) is 2. The second kappa shape index (κ2) is 3.14. The van der Waals surface area contributed by atoms with Crippen molar-refractivity contribution in [2.24, 2.45) is 11.7 Å². The van der Waals surface area contributed by atoms with Gasteiger partial charge in [0, 0.05) is 24.5 Å². The van der Waals surface area contributed by atoms with E-state index in [2.05, 4.69) is 16.5 Å². The van der Waals surface area contributed by atoms with Crippen molar-refractivity contribution in [3.05, 3.63) is 18.7 Å². The first-order valence-corrected chi connectivity index (χ1v) is 4.95. The third-order valence-electron chi connectivity index (χ3n) is 3.13. The molecule has 2 rings (SSSR count). The lowest BCUT2D eigenvalue weighted by molar-refractivity contribution is 0.502. The summed E-state index contributed by atoms with van der Waals surface area (Å²) >= 11 is 0. The second-order valence-corrected chi connectivity index (χ2v) is 4.24. The molecule has 1 saturated carbocycles. The van der Waals surface area contributed by atoms with E-state index < -0.39 is 0 Å². The molecule has 2 atom stereocenters. The van der Waals surface area contributed by atoms with Gasteiger partial charge in [0.1, 0.15) is 0 Å². The lowest BCUT2D eigenvalue weighted by Gasteiger charge is -2.09. The highest BCUT2D eigenvalue weighted by Crippen LogP contribution is 2.43. The van der Waals surface area contributed by atoms with Crippen LogP contribution in [0.5, 0.6) is 0 Å². The zero-order valence-electron chi connectivity index (χ0n) is 8.11. The van der Waals surface area contributed by atoms with Crippen molar-refractivity contribution in [1.29, 1.82) is 0 Å². The van der Waals surface area contributed by atoms with E-state index >= 15 is 0 Å². The molecule has 72 valence electrons. The van der Waals surface area contributed by atoms with Gasteiger partial charge < -0.3 is 10.3 Å². The predicted molar refractivity (Wildman–Crippen MR) is 52.2 cm³/mol. The molecule has 0 saturated heterocycles. The van der Waals surface area contributed by atoms with Gasteiger partial charge in [-0.1, -0.05) is 6.92 Å². The SMILES string of the molecule is CC1CC1(N)CCCn1ccnc1. The Bertz CT molecular complexity index is 268. The first-order valence-electron chi connectivity index (χ1n) is 4.95. The molecule has 3 nitrogen and oxygen atoms in total. The summed E-state index contributed by atoms with van der Waals surface area (Å²) in [7, 11) is 0. The average Bonchev–Trinajstić information content (AvgIpc) is 2.55. The molecule has 1 fully saturated rings. The molecule has 0 spiro atoms. The number of aromatic nitrogens is 2. The minimum absolute atomic E-state index is 0.167. The normalized spacial score (nSPS) is 32.0. The van der Waals surface area contributed by atoms with Crippen LogP contribution in [0.3, 0.4) is 0 Å². The Balaban J connectivity index is 1.70. The van der Waals surface area contributed by atoms with Crippen LogP contribution in [0.1, 0.15) is 26.2 Å². The standard InChI is InChI=1S/C10H17N3/c1-9-7-10(9,11)3-2-5-13-6-4-12-8-13/h4,6,8-9H,2-3,5,7,11H2,1H3. The van der Waals surface area contributed by atoms with Gasteiger partial charge in [-0.25, -0.2) is 4.98 Å². The summed E-state index contributed by atoms with van der Waals surface area (Å²) in [6.07, 6.45) is 9.19. The van der Waals surface area contributed by atoms with Crippen LogP contribution in [0.15, 0.2) is 18.7 Å². The Morgan fingerprint density at radius 2 is 2.46 bits per heavy atom. The van der Waals surface area contributed by atoms with E-state index in [0.29, 0.717) is 0 Å². The molecular weight excluding hydrogens is 162 g/mol. The highest BCUT2D eigenvalue weighted by molar-refractivity contribution is 5.04. The van der Waals surface area contributed by atoms with Crippen molar-refractivity contribution < 1.29 is 0 Å². The summed E-state index contributed by atoms with van der Waals surface area (Å²) in [5, 5.41) is 0. The number of imidazole rings is 1. The highest BCUT2D eigenvalue weighted by atomic mass is 15.0. The fourth-order valence-electron chi connectivity index (χ4n) is 1.87. The smallest absolute Gasteiger partial charge is 0.0945 e. The third-order valence-corrected chi connectivity index (χ3v) is 3.13. The number of hydrogen-bond acceptors (Lipinski definition) is 2. The van der Waals surface area contributed by atoms with E-state index in [4.69, 9.17) is 5.73 Å². The Labute approximate surface area is 79.0 Å². The van der Waals surface area contributed by atoms with Gasteiger partial charge in [0.15, 0.2) is 0 Å². The van der Waals surface area contributed by atoms with Gasteiger partial charge >= 0.3 is 0 Å². The van der Waals surface area contributed by atoms with Gasteiger partial charge in [-0.05, 0) is 25.2 Å². The molecular formula is C10H17N3. The van der Waals surface area contributed by atoms with Crippen molar-refractivity contribution >= 4 is 0 Å². The van der Waals surface area contributed by atoms with E-state index in [-0.39, 0.29) is 5.54 Å². The van der Waals surface area contributed by atoms with Crippen LogP contribution < -0.4 is 5.73 Å². The number of hydrogen-bond donors (Lipinski definition) is 1. The van der Waals surface area contributed by atoms with Gasteiger partial charge in [0.05, 0.1) is 6.33 Å². The van der Waals surface area contributed by atoms with Crippen LogP contribution in [0.2, 0.25) is 0 Å². The Morgan fingerprint density at radius 1 is 1.69 bits per heavy atom. The van der Waals surface area contributed by atoms with Crippen molar-refractivity contribution in [3.8, 4) is 0 Å². The van der Waals surface area contributed by atoms with E-state index in [1.165, 1.54) is 6.42 Å². The molecule has 1 aliphatic carbocycles. The molecule has 2 N–H and O–H groups in total. The monoisotopic (exact) mass is 179 g/mol. The number of nitrogens with two attached hydrogens (primary N) is 1. The number of rotatable bonds is 4. The zero-order valence-corrected chi connectivity index (χ0v) is 8.11. The summed E-state index contributed by atoms with van der Waals surface area (Å²) in [5.74, 6) is 0.732. The molecule has 2 unspecified atom stereocenters. The second-order valence-electron chi connectivity index (χ2n) is 4.24. The van der Waals surface area contributed by atoms with E-state index in [9.17, 15) is 0 Å². The zero-order chi connectivity index (χ0) is 9.31. The summed E-state index contributed by atoms with van der Waals surface area (Å²) in [6.45, 7) is 3.28. The summed E-state index contributed by atoms with van der Waals surface area (Å²) in [5.41, 5.74) is 6.27. The number of aryl methyl sites for hydroxylation is 1. The third kappa shape index (κ3) is 1.91. The molecule has 1 aromatic heterocycles.